The van der Waals surface area contributed by atoms with Crippen LogP contribution < -0.4 is 4.43 Å². The molecule has 0 aromatic heterocycles. The molecule has 98 valence electrons. The molecule has 0 fully saturated rings. The molecule has 18 heavy (non-hydrogen) atoms. The molecule has 1 aliphatic rings. The van der Waals surface area contributed by atoms with Crippen LogP contribution in [0, 0.1) is 0 Å². The summed E-state index contributed by atoms with van der Waals surface area (Å²) >= 11 is 0. The molecule has 1 N–H and O–H groups in total. The first-order valence-electron chi connectivity index (χ1n) is 6.39. The van der Waals surface area contributed by atoms with Gasteiger partial charge in [-0.25, -0.2) is 0 Å². The maximum Gasteiger partial charge on any atom is 0.303 e. The van der Waals surface area contributed by atoms with E-state index in [0.717, 1.165) is 18.6 Å². The fourth-order valence-corrected chi connectivity index (χ4v) is 3.34. The van der Waals surface area contributed by atoms with E-state index in [9.17, 15) is 4.79 Å². The van der Waals surface area contributed by atoms with Gasteiger partial charge in [0.1, 0.15) is 5.75 Å². The Bertz CT molecular complexity index is 463. The molecule has 1 atom stereocenters. The summed E-state index contributed by atoms with van der Waals surface area (Å²) in [5, 5.41) is 8.93. The second kappa shape index (κ2) is 4.76. The Kier molecular flexibility index (Phi) is 3.48. The monoisotopic (exact) mass is 264 g/mol. The van der Waals surface area contributed by atoms with Gasteiger partial charge in [0.25, 0.3) is 0 Å². The fraction of sp³-hybridized carbons (Fsp3) is 0.500. The first kappa shape index (κ1) is 13.1. The zero-order valence-corrected chi connectivity index (χ0v) is 12.2. The fourth-order valence-electron chi connectivity index (χ4n) is 2.51. The summed E-state index contributed by atoms with van der Waals surface area (Å²) < 4.78 is 5.97. The number of hydrogen-bond donors (Lipinski definition) is 1. The van der Waals surface area contributed by atoms with E-state index in [2.05, 4.69) is 25.7 Å². The summed E-state index contributed by atoms with van der Waals surface area (Å²) in [6, 6.07) is 6.15. The molecule has 2 rings (SSSR count). The lowest BCUT2D eigenvalue weighted by molar-refractivity contribution is -0.137. The molecule has 0 saturated carbocycles. The van der Waals surface area contributed by atoms with Crippen molar-refractivity contribution in [2.75, 3.05) is 0 Å². The molecule has 0 spiro atoms. The summed E-state index contributed by atoms with van der Waals surface area (Å²) in [4.78, 5) is 10.9. The van der Waals surface area contributed by atoms with Crippen LogP contribution in [0.2, 0.25) is 19.6 Å². The highest BCUT2D eigenvalue weighted by Crippen LogP contribution is 2.37. The minimum atomic E-state index is -1.60. The van der Waals surface area contributed by atoms with Crippen molar-refractivity contribution >= 4 is 14.3 Å². The molecule has 0 bridgehead atoms. The van der Waals surface area contributed by atoms with Gasteiger partial charge in [0.15, 0.2) is 0 Å². The predicted octanol–water partition coefficient (Wildman–Crippen LogP) is 3.40. The Labute approximate surface area is 109 Å². The molecule has 1 aromatic rings. The Morgan fingerprint density at radius 2 is 2.17 bits per heavy atom. The van der Waals surface area contributed by atoms with Crippen LogP contribution in [-0.4, -0.2) is 19.4 Å². The molecule has 1 aliphatic carbocycles. The van der Waals surface area contributed by atoms with E-state index in [1.165, 1.54) is 11.1 Å². The van der Waals surface area contributed by atoms with Gasteiger partial charge >= 0.3 is 5.97 Å². The Morgan fingerprint density at radius 1 is 1.44 bits per heavy atom. The van der Waals surface area contributed by atoms with Crippen LogP contribution >= 0.6 is 0 Å². The average Bonchev–Trinajstić information content (AvgIpc) is 2.58. The molecular weight excluding hydrogens is 244 g/mol. The minimum Gasteiger partial charge on any atom is -0.544 e. The molecule has 0 amide bonds. The first-order valence-corrected chi connectivity index (χ1v) is 9.79. The quantitative estimate of drug-likeness (QED) is 0.848. The number of rotatable bonds is 4. The van der Waals surface area contributed by atoms with Gasteiger partial charge in [-0.15, -0.1) is 0 Å². The van der Waals surface area contributed by atoms with Crippen LogP contribution in [0.15, 0.2) is 18.2 Å². The molecule has 0 saturated heterocycles. The van der Waals surface area contributed by atoms with Gasteiger partial charge in [-0.05, 0) is 61.7 Å². The second-order valence-electron chi connectivity index (χ2n) is 5.91. The van der Waals surface area contributed by atoms with E-state index in [1.54, 1.807) is 0 Å². The smallest absolute Gasteiger partial charge is 0.303 e. The third-order valence-corrected chi connectivity index (χ3v) is 4.01. The highest BCUT2D eigenvalue weighted by atomic mass is 28.4. The first-order chi connectivity index (χ1) is 8.35. The highest BCUT2D eigenvalue weighted by Gasteiger charge is 2.26. The average molecular weight is 264 g/mol. The SMILES string of the molecule is C[Si](C)(C)Oc1ccc2c(c1)C(CC(=O)O)CC2. The summed E-state index contributed by atoms with van der Waals surface area (Å²) in [6.07, 6.45) is 2.15. The van der Waals surface area contributed by atoms with Crippen molar-refractivity contribution in [3.05, 3.63) is 29.3 Å². The van der Waals surface area contributed by atoms with E-state index in [-0.39, 0.29) is 12.3 Å². The summed E-state index contributed by atoms with van der Waals surface area (Å²) in [5.74, 6) is 0.331. The van der Waals surface area contributed by atoms with Crippen molar-refractivity contribution in [2.24, 2.45) is 0 Å². The van der Waals surface area contributed by atoms with Gasteiger partial charge < -0.3 is 9.53 Å². The van der Waals surface area contributed by atoms with Gasteiger partial charge in [-0.1, -0.05) is 6.07 Å². The lowest BCUT2D eigenvalue weighted by atomic mass is 9.98. The van der Waals surface area contributed by atoms with Gasteiger partial charge in [-0.3, -0.25) is 4.79 Å². The standard InChI is InChI=1S/C14H20O3Si/c1-18(2,3)17-12-7-6-10-4-5-11(8-14(15)16)13(10)9-12/h6-7,9,11H,4-5,8H2,1-3H3,(H,15,16). The van der Waals surface area contributed by atoms with Gasteiger partial charge in [0, 0.05) is 0 Å². The maximum atomic E-state index is 10.9. The van der Waals surface area contributed by atoms with Gasteiger partial charge in [-0.2, -0.15) is 0 Å². The van der Waals surface area contributed by atoms with Crippen LogP contribution in [0.1, 0.15) is 29.9 Å². The van der Waals surface area contributed by atoms with Crippen molar-refractivity contribution in [1.82, 2.24) is 0 Å². The lowest BCUT2D eigenvalue weighted by Gasteiger charge is -2.20. The summed E-state index contributed by atoms with van der Waals surface area (Å²) in [6.45, 7) is 6.44. The van der Waals surface area contributed by atoms with Crippen molar-refractivity contribution in [1.29, 1.82) is 0 Å². The van der Waals surface area contributed by atoms with Crippen LogP contribution in [0.4, 0.5) is 0 Å². The van der Waals surface area contributed by atoms with Gasteiger partial charge in [0.05, 0.1) is 6.42 Å². The molecule has 0 heterocycles. The number of fused-ring (bicyclic) bond motifs is 1. The van der Waals surface area contributed by atoms with Crippen LogP contribution in [0.25, 0.3) is 0 Å². The highest BCUT2D eigenvalue weighted by molar-refractivity contribution is 6.70. The molecule has 1 aromatic carbocycles. The zero-order valence-electron chi connectivity index (χ0n) is 11.2. The van der Waals surface area contributed by atoms with E-state index in [1.807, 2.05) is 12.1 Å². The van der Waals surface area contributed by atoms with Crippen LogP contribution in [0.3, 0.4) is 0 Å². The molecule has 0 aliphatic heterocycles. The third kappa shape index (κ3) is 3.13. The number of hydrogen-bond acceptors (Lipinski definition) is 2. The van der Waals surface area contributed by atoms with Crippen molar-refractivity contribution < 1.29 is 14.3 Å². The van der Waals surface area contributed by atoms with E-state index in [0.29, 0.717) is 0 Å². The zero-order chi connectivity index (χ0) is 13.3. The number of aryl methyl sites for hydroxylation is 1. The molecular formula is C14H20O3Si. The maximum absolute atomic E-state index is 10.9. The third-order valence-electron chi connectivity index (χ3n) is 3.16. The van der Waals surface area contributed by atoms with Crippen molar-refractivity contribution in [2.45, 2.75) is 44.8 Å². The minimum absolute atomic E-state index is 0.155. The lowest BCUT2D eigenvalue weighted by Crippen LogP contribution is -2.29. The van der Waals surface area contributed by atoms with E-state index >= 15 is 0 Å². The number of benzene rings is 1. The summed E-state index contributed by atoms with van der Waals surface area (Å²) in [7, 11) is -1.60. The molecule has 3 nitrogen and oxygen atoms in total. The summed E-state index contributed by atoms with van der Waals surface area (Å²) in [5.41, 5.74) is 2.46. The van der Waals surface area contributed by atoms with Crippen LogP contribution in [-0.2, 0) is 11.2 Å². The largest absolute Gasteiger partial charge is 0.544 e. The molecule has 0 radical (unpaired) electrons. The molecule has 4 heteroatoms. The predicted molar refractivity (Wildman–Crippen MR) is 73.7 cm³/mol. The Morgan fingerprint density at radius 3 is 2.78 bits per heavy atom. The number of carbonyl (C=O) groups is 1. The topological polar surface area (TPSA) is 46.5 Å². The van der Waals surface area contributed by atoms with Crippen molar-refractivity contribution in [3.8, 4) is 5.75 Å². The normalized spacial score (nSPS) is 18.5. The van der Waals surface area contributed by atoms with Crippen LogP contribution in [0.5, 0.6) is 5.75 Å². The van der Waals surface area contributed by atoms with Crippen molar-refractivity contribution in [3.63, 3.8) is 0 Å². The number of aliphatic carboxylic acids is 1. The Hall–Kier alpha value is -1.29. The Balaban J connectivity index is 2.22. The molecule has 1 unspecified atom stereocenters. The number of carboxylic acids is 1. The second-order valence-corrected chi connectivity index (χ2v) is 10.3. The number of carboxylic acid groups (broad SMARTS) is 1. The van der Waals surface area contributed by atoms with E-state index < -0.39 is 14.3 Å². The van der Waals surface area contributed by atoms with Gasteiger partial charge in [0.2, 0.25) is 8.32 Å². The van der Waals surface area contributed by atoms with E-state index in [4.69, 9.17) is 9.53 Å².